The van der Waals surface area contributed by atoms with E-state index < -0.39 is 11.9 Å². The molecule has 2 atom stereocenters. The van der Waals surface area contributed by atoms with Crippen LogP contribution in [0.5, 0.6) is 0 Å². The number of nitrogens with zero attached hydrogens (tertiary/aromatic N) is 3. The summed E-state index contributed by atoms with van der Waals surface area (Å²) in [5.74, 6) is -2.00. The fraction of sp³-hybridized carbons (Fsp3) is 0.333. The van der Waals surface area contributed by atoms with Gasteiger partial charge in [-0.3, -0.25) is 9.59 Å². The minimum Gasteiger partial charge on any atom is -0.515 e. The quantitative estimate of drug-likeness (QED) is 0.215. The van der Waals surface area contributed by atoms with Crippen LogP contribution in [0.25, 0.3) is 0 Å². The smallest absolute Gasteiger partial charge is 0.340 e. The molecule has 0 saturated carbocycles. The molecule has 47 heavy (non-hydrogen) atoms. The molecule has 5 heterocycles. The highest BCUT2D eigenvalue weighted by molar-refractivity contribution is 6.31. The molecule has 244 valence electrons. The van der Waals surface area contributed by atoms with Crippen molar-refractivity contribution in [2.24, 2.45) is 26.8 Å². The van der Waals surface area contributed by atoms with Crippen molar-refractivity contribution in [2.45, 2.75) is 47.0 Å². The highest BCUT2D eigenvalue weighted by Gasteiger charge is 2.40. The van der Waals surface area contributed by atoms with Gasteiger partial charge in [0.1, 0.15) is 0 Å². The minimum absolute atomic E-state index is 0.122. The summed E-state index contributed by atoms with van der Waals surface area (Å²) in [5, 5.41) is 13.8. The fourth-order valence-electron chi connectivity index (χ4n) is 6.40. The Kier molecular flexibility index (Phi) is 9.28. The summed E-state index contributed by atoms with van der Waals surface area (Å²) in [4.78, 5) is 53.4. The molecule has 1 fully saturated rings. The number of nitrogens with one attached hydrogen (secondary N) is 1. The Morgan fingerprint density at radius 3 is 2.23 bits per heavy atom. The van der Waals surface area contributed by atoms with Crippen LogP contribution in [0, 0.1) is 11.8 Å². The van der Waals surface area contributed by atoms with Crippen LogP contribution in [-0.2, 0) is 28.6 Å². The molecule has 0 unspecified atom stereocenters. The number of ether oxygens (including phenoxy) is 3. The van der Waals surface area contributed by atoms with Gasteiger partial charge in [-0.15, -0.1) is 0 Å². The second-order valence-electron chi connectivity index (χ2n) is 11.7. The summed E-state index contributed by atoms with van der Waals surface area (Å²) in [6, 6.07) is 0. The standard InChI is InChI=1S/C36H38N4O7/c1-9-21-17(2)26-14-30-24(16-41)19(4)25(38-30)13-27-18(3)22(10-11-31(42)45-6)34(39-27)23(12-32(43)46-7)35-33(36(44)47-8)20(5)28(40-35)15-29(21)37-26/h9,13-16,18,22,39,41H,1,10-12H2,2-8H3/b24-16+,26-14?,27-13?,28-15?,34-23?/t18-,22-/m0/s1. The molecule has 0 spiro atoms. The topological polar surface area (TPSA) is 148 Å². The number of allylic oxidation sites excluding steroid dienone is 11. The number of rotatable bonds is 7. The normalized spacial score (nSPS) is 22.8. The van der Waals surface area contributed by atoms with E-state index in [1.165, 1.54) is 21.3 Å². The van der Waals surface area contributed by atoms with E-state index in [0.29, 0.717) is 57.4 Å². The maximum atomic E-state index is 13.4. The lowest BCUT2D eigenvalue weighted by molar-refractivity contribution is -0.141. The molecule has 0 aromatic carbocycles. The van der Waals surface area contributed by atoms with E-state index in [2.05, 4.69) is 11.9 Å². The lowest BCUT2D eigenvalue weighted by Crippen LogP contribution is -2.23. The van der Waals surface area contributed by atoms with Crippen molar-refractivity contribution in [3.05, 3.63) is 105 Å². The first-order valence-corrected chi connectivity index (χ1v) is 15.2. The highest BCUT2D eigenvalue weighted by atomic mass is 16.5. The number of carbonyl (C=O) groups is 3. The van der Waals surface area contributed by atoms with Crippen LogP contribution >= 0.6 is 0 Å². The summed E-state index contributed by atoms with van der Waals surface area (Å²) in [7, 11) is 3.93. The monoisotopic (exact) mass is 638 g/mol. The molecule has 5 aliphatic rings. The average Bonchev–Trinajstić information content (AvgIpc) is 3.74. The molecule has 0 aromatic rings. The van der Waals surface area contributed by atoms with Crippen LogP contribution in [0.4, 0.5) is 0 Å². The highest BCUT2D eigenvalue weighted by Crippen LogP contribution is 2.43. The maximum Gasteiger partial charge on any atom is 0.340 e. The van der Waals surface area contributed by atoms with Gasteiger partial charge in [-0.05, 0) is 62.1 Å². The Morgan fingerprint density at radius 1 is 0.915 bits per heavy atom. The zero-order valence-electron chi connectivity index (χ0n) is 27.6. The fourth-order valence-corrected chi connectivity index (χ4v) is 6.40. The molecule has 11 heteroatoms. The molecule has 1 saturated heterocycles. The Bertz CT molecular complexity index is 1850. The van der Waals surface area contributed by atoms with Crippen LogP contribution in [0.15, 0.2) is 120 Å². The molecular weight excluding hydrogens is 600 g/mol. The van der Waals surface area contributed by atoms with Gasteiger partial charge in [-0.25, -0.2) is 19.8 Å². The number of aliphatic hydroxyl groups excluding tert-OH is 1. The molecule has 8 bridgehead atoms. The van der Waals surface area contributed by atoms with Gasteiger partial charge >= 0.3 is 17.9 Å². The van der Waals surface area contributed by atoms with Crippen molar-refractivity contribution in [1.29, 1.82) is 0 Å². The first kappa shape index (κ1) is 33.1. The van der Waals surface area contributed by atoms with Crippen molar-refractivity contribution in [3.63, 3.8) is 0 Å². The molecule has 5 rings (SSSR count). The predicted molar refractivity (Wildman–Crippen MR) is 178 cm³/mol. The van der Waals surface area contributed by atoms with Crippen molar-refractivity contribution >= 4 is 35.0 Å². The second-order valence-corrected chi connectivity index (χ2v) is 11.7. The van der Waals surface area contributed by atoms with Crippen molar-refractivity contribution < 1.29 is 33.7 Å². The SMILES string of the molecule is C=CC1=C(C)C2=CC3=NC(=C(C)/C3=C\O)C=C3NC(=C(CC(=O)OC)C4=NC(=CC1=N2)C(C)=C4C(=O)OC)[C@@H](CCC(=O)OC)[C@@H]3C. The molecule has 11 nitrogen and oxygen atoms in total. The molecule has 5 aliphatic heterocycles. The van der Waals surface area contributed by atoms with E-state index in [1.807, 2.05) is 32.9 Å². The van der Waals surface area contributed by atoms with Crippen LogP contribution in [0.3, 0.4) is 0 Å². The Balaban J connectivity index is 1.87. The summed E-state index contributed by atoms with van der Waals surface area (Å²) in [6.45, 7) is 11.6. The molecule has 0 radical (unpaired) electrons. The third-order valence-corrected chi connectivity index (χ3v) is 9.19. The first-order chi connectivity index (χ1) is 22.5. The number of carbonyl (C=O) groups excluding carboxylic acids is 3. The number of aliphatic imine (C=N–C) groups is 3. The lowest BCUT2D eigenvalue weighted by atomic mass is 9.84. The van der Waals surface area contributed by atoms with Crippen LogP contribution < -0.4 is 5.32 Å². The zero-order chi connectivity index (χ0) is 34.2. The molecule has 0 aliphatic carbocycles. The van der Waals surface area contributed by atoms with Gasteiger partial charge in [0.25, 0.3) is 0 Å². The van der Waals surface area contributed by atoms with Gasteiger partial charge in [0.2, 0.25) is 0 Å². The Morgan fingerprint density at radius 2 is 1.60 bits per heavy atom. The number of hydrogen-bond acceptors (Lipinski definition) is 11. The summed E-state index contributed by atoms with van der Waals surface area (Å²) in [6.07, 6.45) is 8.55. The van der Waals surface area contributed by atoms with E-state index in [1.54, 1.807) is 19.1 Å². The number of methoxy groups -OCH3 is 3. The predicted octanol–water partition coefficient (Wildman–Crippen LogP) is 5.35. The summed E-state index contributed by atoms with van der Waals surface area (Å²) < 4.78 is 15.3. The van der Waals surface area contributed by atoms with Crippen LogP contribution in [0.1, 0.15) is 47.0 Å². The zero-order valence-corrected chi connectivity index (χ0v) is 27.6. The van der Waals surface area contributed by atoms with E-state index in [9.17, 15) is 19.5 Å². The van der Waals surface area contributed by atoms with Crippen molar-refractivity contribution in [3.8, 4) is 0 Å². The molecule has 0 aromatic heterocycles. The van der Waals surface area contributed by atoms with Gasteiger partial charge in [0, 0.05) is 46.4 Å². The number of fused-ring (bicyclic) bond motifs is 5. The molecular formula is C36H38N4O7. The van der Waals surface area contributed by atoms with Crippen LogP contribution in [-0.4, -0.2) is 61.5 Å². The second kappa shape index (κ2) is 13.2. The maximum absolute atomic E-state index is 13.4. The van der Waals surface area contributed by atoms with Crippen LogP contribution in [0.2, 0.25) is 0 Å². The van der Waals surface area contributed by atoms with Gasteiger partial charge < -0.3 is 24.6 Å². The average molecular weight is 639 g/mol. The number of hydrogen-bond donors (Lipinski definition) is 2. The lowest BCUT2D eigenvalue weighted by Gasteiger charge is -2.19. The van der Waals surface area contributed by atoms with Gasteiger partial charge in [-0.2, -0.15) is 0 Å². The summed E-state index contributed by atoms with van der Waals surface area (Å²) in [5.41, 5.74) is 8.66. The van der Waals surface area contributed by atoms with E-state index in [0.717, 1.165) is 28.7 Å². The van der Waals surface area contributed by atoms with Crippen molar-refractivity contribution in [2.75, 3.05) is 21.3 Å². The van der Waals surface area contributed by atoms with E-state index >= 15 is 0 Å². The largest absolute Gasteiger partial charge is 0.515 e. The minimum atomic E-state index is -0.611. The van der Waals surface area contributed by atoms with E-state index in [4.69, 9.17) is 29.2 Å². The van der Waals surface area contributed by atoms with Crippen molar-refractivity contribution in [1.82, 2.24) is 5.32 Å². The Labute approximate surface area is 273 Å². The molecule has 2 N–H and O–H groups in total. The number of aliphatic hydroxyl groups is 1. The third kappa shape index (κ3) is 5.89. The molecule has 0 amide bonds. The van der Waals surface area contributed by atoms with Gasteiger partial charge in [-0.1, -0.05) is 19.6 Å². The van der Waals surface area contributed by atoms with E-state index in [-0.39, 0.29) is 41.9 Å². The summed E-state index contributed by atoms with van der Waals surface area (Å²) >= 11 is 0. The third-order valence-electron chi connectivity index (χ3n) is 9.19. The number of esters is 3. The Hall–Kier alpha value is -5.32. The first-order valence-electron chi connectivity index (χ1n) is 15.2. The van der Waals surface area contributed by atoms with Gasteiger partial charge in [0.05, 0.1) is 73.8 Å². The van der Waals surface area contributed by atoms with Gasteiger partial charge in [0.15, 0.2) is 0 Å².